The molecule has 0 heterocycles. The molecule has 82 valence electrons. The highest BCUT2D eigenvalue weighted by atomic mass is 79.9. The zero-order valence-corrected chi connectivity index (χ0v) is 11.2. The summed E-state index contributed by atoms with van der Waals surface area (Å²) in [5.41, 5.74) is 0.843. The number of hydrogen-bond acceptors (Lipinski definition) is 3. The molecular weight excluding hydrogens is 328 g/mol. The van der Waals surface area contributed by atoms with E-state index in [4.69, 9.17) is 0 Å². The van der Waals surface area contributed by atoms with E-state index in [0.29, 0.717) is 0 Å². The van der Waals surface area contributed by atoms with Gasteiger partial charge in [0.1, 0.15) is 0 Å². The normalized spacial score (nSPS) is 12.3. The maximum atomic E-state index is 11.0. The average molecular weight is 338 g/mol. The molecule has 0 aromatic heterocycles. The van der Waals surface area contributed by atoms with E-state index in [9.17, 15) is 9.90 Å². The first-order chi connectivity index (χ1) is 7.06. The van der Waals surface area contributed by atoms with E-state index >= 15 is 0 Å². The second kappa shape index (κ2) is 5.63. The Hall–Kier alpha value is -0.390. The Balaban J connectivity index is 2.85. The molecule has 1 N–H and O–H groups in total. The summed E-state index contributed by atoms with van der Waals surface area (Å²) < 4.78 is 6.14. The summed E-state index contributed by atoms with van der Waals surface area (Å²) in [6.07, 6.45) is -0.917. The van der Waals surface area contributed by atoms with E-state index in [-0.39, 0.29) is 6.42 Å². The van der Waals surface area contributed by atoms with Crippen LogP contribution in [-0.4, -0.2) is 24.3 Å². The number of aliphatic hydroxyl groups excluding tert-OH is 1. The van der Waals surface area contributed by atoms with Crippen molar-refractivity contribution in [2.45, 2.75) is 12.5 Å². The van der Waals surface area contributed by atoms with Gasteiger partial charge < -0.3 is 9.84 Å². The van der Waals surface area contributed by atoms with Gasteiger partial charge in [-0.05, 0) is 17.7 Å². The number of methoxy groups -OCH3 is 1. The van der Waals surface area contributed by atoms with Gasteiger partial charge in [0, 0.05) is 15.4 Å². The molecule has 0 aliphatic carbocycles. The van der Waals surface area contributed by atoms with Gasteiger partial charge in [-0.2, -0.15) is 0 Å². The molecule has 1 rings (SSSR count). The molecule has 0 amide bonds. The number of aliphatic hydroxyl groups is 1. The summed E-state index contributed by atoms with van der Waals surface area (Å²) in [6, 6.07) is 5.57. The monoisotopic (exact) mass is 336 g/mol. The standard InChI is InChI=1S/C10H10Br2O3/c1-15-10(14)9(13)5-6-7(11)3-2-4-8(6)12/h2-4,9,13H,5H2,1H3. The molecule has 15 heavy (non-hydrogen) atoms. The summed E-state index contributed by atoms with van der Waals surface area (Å²) in [7, 11) is 1.25. The van der Waals surface area contributed by atoms with E-state index in [0.717, 1.165) is 14.5 Å². The van der Waals surface area contributed by atoms with Crippen molar-refractivity contribution in [2.75, 3.05) is 7.11 Å². The molecule has 0 bridgehead atoms. The van der Waals surface area contributed by atoms with Gasteiger partial charge in [0.2, 0.25) is 0 Å². The number of esters is 1. The Morgan fingerprint density at radius 1 is 1.47 bits per heavy atom. The van der Waals surface area contributed by atoms with E-state index in [1.807, 2.05) is 18.2 Å². The van der Waals surface area contributed by atoms with Crippen LogP contribution in [0, 0.1) is 0 Å². The van der Waals surface area contributed by atoms with Crippen molar-refractivity contribution in [1.29, 1.82) is 0 Å². The van der Waals surface area contributed by atoms with Gasteiger partial charge in [-0.25, -0.2) is 4.79 Å². The van der Waals surface area contributed by atoms with Crippen LogP contribution < -0.4 is 0 Å². The quantitative estimate of drug-likeness (QED) is 0.861. The van der Waals surface area contributed by atoms with E-state index in [1.165, 1.54) is 7.11 Å². The lowest BCUT2D eigenvalue weighted by molar-refractivity contribution is -0.150. The second-order valence-electron chi connectivity index (χ2n) is 2.94. The van der Waals surface area contributed by atoms with Gasteiger partial charge >= 0.3 is 5.97 Å². The van der Waals surface area contributed by atoms with E-state index < -0.39 is 12.1 Å². The molecule has 0 radical (unpaired) electrons. The molecule has 3 nitrogen and oxygen atoms in total. The molecule has 0 aliphatic rings. The van der Waals surface area contributed by atoms with Crippen LogP contribution in [0.25, 0.3) is 0 Å². The number of hydrogen-bond donors (Lipinski definition) is 1. The molecule has 0 saturated carbocycles. The van der Waals surface area contributed by atoms with Gasteiger partial charge in [0.25, 0.3) is 0 Å². The summed E-state index contributed by atoms with van der Waals surface area (Å²) in [6.45, 7) is 0. The molecule has 0 saturated heterocycles. The predicted octanol–water partition coefficient (Wildman–Crippen LogP) is 2.29. The molecule has 0 spiro atoms. The lowest BCUT2D eigenvalue weighted by atomic mass is 10.1. The Morgan fingerprint density at radius 2 is 2.00 bits per heavy atom. The minimum absolute atomic E-state index is 0.217. The fourth-order valence-electron chi connectivity index (χ4n) is 1.14. The number of ether oxygens (including phenoxy) is 1. The van der Waals surface area contributed by atoms with Gasteiger partial charge in [0.15, 0.2) is 6.10 Å². The first-order valence-corrected chi connectivity index (χ1v) is 5.83. The number of carbonyl (C=O) groups excluding carboxylic acids is 1. The van der Waals surface area contributed by atoms with Crippen LogP contribution in [0.3, 0.4) is 0 Å². The lowest BCUT2D eigenvalue weighted by Gasteiger charge is -2.11. The van der Waals surface area contributed by atoms with Gasteiger partial charge in [-0.3, -0.25) is 0 Å². The number of rotatable bonds is 3. The third kappa shape index (κ3) is 3.29. The van der Waals surface area contributed by atoms with Gasteiger partial charge in [-0.15, -0.1) is 0 Å². The Labute approximate surface area is 105 Å². The van der Waals surface area contributed by atoms with Crippen LogP contribution in [0.15, 0.2) is 27.1 Å². The number of benzene rings is 1. The highest BCUT2D eigenvalue weighted by molar-refractivity contribution is 9.11. The van der Waals surface area contributed by atoms with Crippen molar-refractivity contribution in [1.82, 2.24) is 0 Å². The molecular formula is C10H10Br2O3. The minimum Gasteiger partial charge on any atom is -0.467 e. The Bertz CT molecular complexity index is 345. The topological polar surface area (TPSA) is 46.5 Å². The zero-order valence-electron chi connectivity index (χ0n) is 8.04. The third-order valence-electron chi connectivity index (χ3n) is 1.93. The van der Waals surface area contributed by atoms with Crippen LogP contribution in [0.2, 0.25) is 0 Å². The minimum atomic E-state index is -1.13. The first-order valence-electron chi connectivity index (χ1n) is 4.25. The van der Waals surface area contributed by atoms with Crippen molar-refractivity contribution >= 4 is 37.8 Å². The SMILES string of the molecule is COC(=O)C(O)Cc1c(Br)cccc1Br. The summed E-state index contributed by atoms with van der Waals surface area (Å²) in [4.78, 5) is 11.0. The highest BCUT2D eigenvalue weighted by Crippen LogP contribution is 2.26. The zero-order chi connectivity index (χ0) is 11.4. The maximum Gasteiger partial charge on any atom is 0.335 e. The molecule has 1 atom stereocenters. The molecule has 0 aliphatic heterocycles. The average Bonchev–Trinajstić information content (AvgIpc) is 2.22. The lowest BCUT2D eigenvalue weighted by Crippen LogP contribution is -2.24. The van der Waals surface area contributed by atoms with Crippen LogP contribution in [-0.2, 0) is 16.0 Å². The van der Waals surface area contributed by atoms with Crippen molar-refractivity contribution in [3.05, 3.63) is 32.7 Å². The van der Waals surface area contributed by atoms with Crippen LogP contribution in [0.4, 0.5) is 0 Å². The molecule has 0 fully saturated rings. The smallest absolute Gasteiger partial charge is 0.335 e. The van der Waals surface area contributed by atoms with E-state index in [2.05, 4.69) is 36.6 Å². The van der Waals surface area contributed by atoms with Crippen LogP contribution >= 0.6 is 31.9 Å². The fourth-order valence-corrected chi connectivity index (χ4v) is 2.46. The maximum absolute atomic E-state index is 11.0. The second-order valence-corrected chi connectivity index (χ2v) is 4.65. The van der Waals surface area contributed by atoms with Crippen LogP contribution in [0.1, 0.15) is 5.56 Å². The summed E-state index contributed by atoms with van der Waals surface area (Å²) in [5, 5.41) is 9.50. The predicted molar refractivity (Wildman–Crippen MR) is 63.6 cm³/mol. The van der Waals surface area contributed by atoms with Crippen molar-refractivity contribution < 1.29 is 14.6 Å². The molecule has 1 aromatic rings. The van der Waals surface area contributed by atoms with Crippen molar-refractivity contribution in [3.63, 3.8) is 0 Å². The molecule has 5 heteroatoms. The van der Waals surface area contributed by atoms with E-state index in [1.54, 1.807) is 0 Å². The number of carbonyl (C=O) groups is 1. The van der Waals surface area contributed by atoms with Crippen LogP contribution in [0.5, 0.6) is 0 Å². The summed E-state index contributed by atoms with van der Waals surface area (Å²) >= 11 is 6.71. The van der Waals surface area contributed by atoms with Crippen molar-refractivity contribution in [3.8, 4) is 0 Å². The van der Waals surface area contributed by atoms with Gasteiger partial charge in [0.05, 0.1) is 7.11 Å². The van der Waals surface area contributed by atoms with Crippen molar-refractivity contribution in [2.24, 2.45) is 0 Å². The third-order valence-corrected chi connectivity index (χ3v) is 3.42. The Morgan fingerprint density at radius 3 is 2.47 bits per heavy atom. The Kier molecular flexibility index (Phi) is 4.76. The largest absolute Gasteiger partial charge is 0.467 e. The van der Waals surface area contributed by atoms with Gasteiger partial charge in [-0.1, -0.05) is 37.9 Å². The molecule has 1 unspecified atom stereocenters. The molecule has 1 aromatic carbocycles. The first kappa shape index (κ1) is 12.7. The summed E-state index contributed by atoms with van der Waals surface area (Å²) in [5.74, 6) is -0.627. The highest BCUT2D eigenvalue weighted by Gasteiger charge is 2.18. The fraction of sp³-hybridized carbons (Fsp3) is 0.300. The number of halogens is 2.